The second-order valence-electron chi connectivity index (χ2n) is 6.62. The Morgan fingerprint density at radius 3 is 3.08 bits per heavy atom. The van der Waals surface area contributed by atoms with Gasteiger partial charge in [0.05, 0.1) is 18.8 Å². The van der Waals surface area contributed by atoms with Crippen LogP contribution < -0.4 is 9.64 Å². The molecule has 2 aliphatic rings. The lowest BCUT2D eigenvalue weighted by Crippen LogP contribution is -2.30. The van der Waals surface area contributed by atoms with Crippen LogP contribution in [0.1, 0.15) is 24.6 Å². The number of rotatable bonds is 3. The molecule has 1 N–H and O–H groups in total. The lowest BCUT2D eigenvalue weighted by molar-refractivity contribution is 0.319. The van der Waals surface area contributed by atoms with Crippen LogP contribution in [0.3, 0.4) is 0 Å². The van der Waals surface area contributed by atoms with Gasteiger partial charge in [-0.25, -0.2) is 0 Å². The number of nitrogens with one attached hydrogen (secondary N) is 1. The second-order valence-corrected chi connectivity index (χ2v) is 6.62. The number of aromatic amines is 1. The Morgan fingerprint density at radius 1 is 1.20 bits per heavy atom. The number of allylic oxidation sites excluding steroid dienone is 1. The fourth-order valence-electron chi connectivity index (χ4n) is 3.97. The quantitative estimate of drug-likeness (QED) is 0.786. The van der Waals surface area contributed by atoms with Crippen LogP contribution in [-0.2, 0) is 0 Å². The summed E-state index contributed by atoms with van der Waals surface area (Å²) >= 11 is 0. The molecule has 0 spiro atoms. The summed E-state index contributed by atoms with van der Waals surface area (Å²) in [7, 11) is 1.71. The van der Waals surface area contributed by atoms with Gasteiger partial charge in [-0.2, -0.15) is 5.10 Å². The van der Waals surface area contributed by atoms with E-state index in [1.165, 1.54) is 17.7 Å². The van der Waals surface area contributed by atoms with Crippen LogP contribution in [0.25, 0.3) is 10.9 Å². The van der Waals surface area contributed by atoms with Gasteiger partial charge in [0.15, 0.2) is 0 Å². The third-order valence-electron chi connectivity index (χ3n) is 5.16. The van der Waals surface area contributed by atoms with Crippen LogP contribution in [0.15, 0.2) is 60.6 Å². The molecule has 1 atom stereocenters. The first-order valence-corrected chi connectivity index (χ1v) is 8.66. The van der Waals surface area contributed by atoms with Gasteiger partial charge in [0, 0.05) is 35.6 Å². The predicted octanol–water partition coefficient (Wildman–Crippen LogP) is 4.03. The highest BCUT2D eigenvalue weighted by molar-refractivity contribution is 5.79. The Balaban J connectivity index is 1.61. The van der Waals surface area contributed by atoms with Crippen molar-refractivity contribution in [2.75, 3.05) is 18.6 Å². The van der Waals surface area contributed by atoms with Crippen molar-refractivity contribution < 1.29 is 4.74 Å². The standard InChI is InChI=1S/C20H20N4O/c1-25-18-6-2-4-16(11-18)24-13-17-5-3-9-23(17)20(24)14-7-8-19-15(10-14)12-21-22-19/h2,4,6-8,10-13,20H,3,5,9H2,1H3,(H,21,22). The third kappa shape index (κ3) is 2.27. The Kier molecular flexibility index (Phi) is 3.20. The van der Waals surface area contributed by atoms with E-state index in [1.54, 1.807) is 7.11 Å². The van der Waals surface area contributed by atoms with E-state index in [0.717, 1.165) is 35.3 Å². The molecule has 0 bridgehead atoms. The summed E-state index contributed by atoms with van der Waals surface area (Å²) in [5.41, 5.74) is 4.92. The number of benzene rings is 2. The smallest absolute Gasteiger partial charge is 0.132 e. The fraction of sp³-hybridized carbons (Fsp3) is 0.250. The monoisotopic (exact) mass is 332 g/mol. The van der Waals surface area contributed by atoms with Gasteiger partial charge < -0.3 is 14.5 Å². The van der Waals surface area contributed by atoms with Crippen molar-refractivity contribution in [3.05, 3.63) is 66.1 Å². The Labute approximate surface area is 146 Å². The first-order chi connectivity index (χ1) is 12.3. The van der Waals surface area contributed by atoms with Gasteiger partial charge in [-0.1, -0.05) is 12.1 Å². The minimum Gasteiger partial charge on any atom is -0.497 e. The third-order valence-corrected chi connectivity index (χ3v) is 5.16. The molecule has 1 unspecified atom stereocenters. The molecule has 3 aromatic rings. The minimum atomic E-state index is 0.184. The maximum absolute atomic E-state index is 5.42. The molecule has 5 rings (SSSR count). The van der Waals surface area contributed by atoms with E-state index in [2.05, 4.69) is 56.5 Å². The minimum absolute atomic E-state index is 0.184. The fourth-order valence-corrected chi connectivity index (χ4v) is 3.97. The maximum Gasteiger partial charge on any atom is 0.132 e. The van der Waals surface area contributed by atoms with E-state index >= 15 is 0 Å². The van der Waals surface area contributed by atoms with Gasteiger partial charge in [0.1, 0.15) is 11.9 Å². The molecule has 1 fully saturated rings. The summed E-state index contributed by atoms with van der Waals surface area (Å²) in [6, 6.07) is 14.8. The van der Waals surface area contributed by atoms with Crippen LogP contribution in [0, 0.1) is 0 Å². The van der Waals surface area contributed by atoms with Crippen molar-refractivity contribution in [1.29, 1.82) is 0 Å². The van der Waals surface area contributed by atoms with Crippen molar-refractivity contribution in [3.8, 4) is 5.75 Å². The van der Waals surface area contributed by atoms with E-state index in [9.17, 15) is 0 Å². The zero-order chi connectivity index (χ0) is 16.8. The number of fused-ring (bicyclic) bond motifs is 2. The number of H-pyrrole nitrogens is 1. The highest BCUT2D eigenvalue weighted by atomic mass is 16.5. The van der Waals surface area contributed by atoms with Crippen molar-refractivity contribution in [3.63, 3.8) is 0 Å². The predicted molar refractivity (Wildman–Crippen MR) is 98.3 cm³/mol. The van der Waals surface area contributed by atoms with Crippen LogP contribution >= 0.6 is 0 Å². The van der Waals surface area contributed by atoms with Crippen molar-refractivity contribution >= 4 is 16.6 Å². The Morgan fingerprint density at radius 2 is 2.16 bits per heavy atom. The lowest BCUT2D eigenvalue weighted by atomic mass is 10.1. The number of hydrogen-bond donors (Lipinski definition) is 1. The summed E-state index contributed by atoms with van der Waals surface area (Å²) in [6.07, 6.45) is 6.74. The molecule has 0 aliphatic carbocycles. The number of anilines is 1. The molecule has 0 saturated carbocycles. The normalized spacial score (nSPS) is 19.4. The highest BCUT2D eigenvalue weighted by Gasteiger charge is 2.36. The van der Waals surface area contributed by atoms with Crippen molar-refractivity contribution in [2.45, 2.75) is 19.0 Å². The average Bonchev–Trinajstić information content (AvgIpc) is 3.36. The number of aromatic nitrogens is 2. The summed E-state index contributed by atoms with van der Waals surface area (Å²) in [4.78, 5) is 4.87. The first-order valence-electron chi connectivity index (χ1n) is 8.66. The van der Waals surface area contributed by atoms with E-state index in [-0.39, 0.29) is 6.17 Å². The van der Waals surface area contributed by atoms with Crippen LogP contribution in [0.4, 0.5) is 5.69 Å². The molecule has 5 nitrogen and oxygen atoms in total. The highest BCUT2D eigenvalue weighted by Crippen LogP contribution is 2.43. The molecule has 126 valence electrons. The van der Waals surface area contributed by atoms with Crippen LogP contribution in [0.5, 0.6) is 5.75 Å². The van der Waals surface area contributed by atoms with Crippen molar-refractivity contribution in [1.82, 2.24) is 15.1 Å². The summed E-state index contributed by atoms with van der Waals surface area (Å²) in [6.45, 7) is 1.10. The largest absolute Gasteiger partial charge is 0.497 e. The molecule has 2 aliphatic heterocycles. The molecule has 0 amide bonds. The van der Waals surface area contributed by atoms with Crippen LogP contribution in [-0.4, -0.2) is 28.8 Å². The van der Waals surface area contributed by atoms with Crippen molar-refractivity contribution in [2.24, 2.45) is 0 Å². The molecular weight excluding hydrogens is 312 g/mol. The Bertz CT molecular complexity index is 961. The molecule has 25 heavy (non-hydrogen) atoms. The topological polar surface area (TPSA) is 44.4 Å². The molecule has 0 radical (unpaired) electrons. The van der Waals surface area contributed by atoms with Gasteiger partial charge in [0.25, 0.3) is 0 Å². The van der Waals surface area contributed by atoms with Gasteiger partial charge in [-0.05, 0) is 42.7 Å². The van der Waals surface area contributed by atoms with E-state index in [1.807, 2.05) is 18.3 Å². The SMILES string of the molecule is COc1cccc(N2C=C3CCCN3C2c2ccc3[nH]ncc3c2)c1. The van der Waals surface area contributed by atoms with E-state index < -0.39 is 0 Å². The second kappa shape index (κ2) is 5.55. The van der Waals surface area contributed by atoms with E-state index in [4.69, 9.17) is 4.74 Å². The van der Waals surface area contributed by atoms with Gasteiger partial charge in [-0.3, -0.25) is 5.10 Å². The van der Waals surface area contributed by atoms with Gasteiger partial charge in [-0.15, -0.1) is 0 Å². The van der Waals surface area contributed by atoms with Gasteiger partial charge in [0.2, 0.25) is 0 Å². The number of methoxy groups -OCH3 is 1. The summed E-state index contributed by atoms with van der Waals surface area (Å²) in [5, 5.41) is 8.34. The number of ether oxygens (including phenoxy) is 1. The summed E-state index contributed by atoms with van der Waals surface area (Å²) < 4.78 is 5.42. The molecule has 1 aromatic heterocycles. The molecule has 5 heteroatoms. The zero-order valence-electron chi connectivity index (χ0n) is 14.1. The lowest BCUT2D eigenvalue weighted by Gasteiger charge is -2.32. The summed E-state index contributed by atoms with van der Waals surface area (Å²) in [5.74, 6) is 0.881. The molecule has 3 heterocycles. The average molecular weight is 332 g/mol. The van der Waals surface area contributed by atoms with Crippen LogP contribution in [0.2, 0.25) is 0 Å². The maximum atomic E-state index is 5.42. The number of nitrogens with zero attached hydrogens (tertiary/aromatic N) is 3. The Hall–Kier alpha value is -2.95. The molecule has 2 aromatic carbocycles. The molecular formula is C20H20N4O. The first kappa shape index (κ1) is 14.4. The number of hydrogen-bond acceptors (Lipinski definition) is 4. The molecule has 1 saturated heterocycles. The van der Waals surface area contributed by atoms with Gasteiger partial charge >= 0.3 is 0 Å². The zero-order valence-corrected chi connectivity index (χ0v) is 14.1. The van der Waals surface area contributed by atoms with E-state index in [0.29, 0.717) is 0 Å².